The molecule has 0 aromatic heterocycles. The van der Waals surface area contributed by atoms with E-state index in [1.165, 1.54) is 6.08 Å². The fourth-order valence-corrected chi connectivity index (χ4v) is 0.876. The zero-order valence-corrected chi connectivity index (χ0v) is 7.14. The van der Waals surface area contributed by atoms with Gasteiger partial charge in [0.2, 0.25) is 0 Å². The second-order valence-corrected chi connectivity index (χ2v) is 2.46. The topological polar surface area (TPSA) is 37.3 Å². The summed E-state index contributed by atoms with van der Waals surface area (Å²) in [5.41, 5.74) is 0.598. The highest BCUT2D eigenvalue weighted by Gasteiger charge is 1.99. The normalized spacial score (nSPS) is 13.3. The van der Waals surface area contributed by atoms with Gasteiger partial charge in [0, 0.05) is 5.57 Å². The molecule has 3 heteroatoms. The molecule has 0 aromatic rings. The molecule has 62 valence electrons. The van der Waals surface area contributed by atoms with Crippen LogP contribution in [-0.4, -0.2) is 11.4 Å². The molecule has 0 aliphatic heterocycles. The molecule has 0 heterocycles. The minimum atomic E-state index is 0.310. The second kappa shape index (κ2) is 5.98. The third kappa shape index (κ3) is 3.83. The van der Waals surface area contributed by atoms with Crippen molar-refractivity contribution >= 4 is 17.9 Å². The number of allylic oxidation sites excluding steroid dienone is 3. The molecule has 0 fully saturated rings. The average Bonchev–Trinajstić information content (AvgIpc) is 2.00. The average molecular weight is 175 g/mol. The number of hydrogen-bond donors (Lipinski definition) is 1. The van der Waals surface area contributed by atoms with Crippen molar-refractivity contribution in [1.29, 1.82) is 0 Å². The van der Waals surface area contributed by atoms with Crippen LogP contribution >= 0.6 is 11.6 Å². The summed E-state index contributed by atoms with van der Waals surface area (Å²) in [6, 6.07) is 0. The third-order valence-electron chi connectivity index (χ3n) is 1.20. The number of aliphatic hydroxyl groups excluding tert-OH is 1. The Morgan fingerprint density at radius 3 is 2.64 bits per heavy atom. The van der Waals surface area contributed by atoms with E-state index in [9.17, 15) is 4.79 Å². The van der Waals surface area contributed by atoms with Gasteiger partial charge in [0.15, 0.2) is 0 Å². The van der Waals surface area contributed by atoms with Crippen molar-refractivity contribution in [2.45, 2.75) is 19.8 Å². The number of carbonyl (C=O) groups excluding carboxylic acids is 1. The molecule has 2 nitrogen and oxygen atoms in total. The molecule has 0 amide bonds. The molecule has 0 unspecified atom stereocenters. The maximum atomic E-state index is 9.97. The molecule has 0 rings (SSSR count). The van der Waals surface area contributed by atoms with Gasteiger partial charge in [0.1, 0.15) is 6.29 Å². The Bertz CT molecular complexity index is 183. The summed E-state index contributed by atoms with van der Waals surface area (Å²) >= 11 is 5.63. The summed E-state index contributed by atoms with van der Waals surface area (Å²) < 4.78 is 0. The van der Waals surface area contributed by atoms with Crippen LogP contribution in [-0.2, 0) is 4.79 Å². The number of rotatable bonds is 4. The first-order chi connectivity index (χ1) is 5.26. The van der Waals surface area contributed by atoms with Crippen LogP contribution in [0, 0.1) is 0 Å². The molecule has 0 saturated heterocycles. The van der Waals surface area contributed by atoms with Crippen molar-refractivity contribution in [3.8, 4) is 0 Å². The summed E-state index contributed by atoms with van der Waals surface area (Å²) in [5.74, 6) is 0. The minimum absolute atomic E-state index is 0.310. The largest absolute Gasteiger partial charge is 0.515 e. The van der Waals surface area contributed by atoms with E-state index < -0.39 is 0 Å². The van der Waals surface area contributed by atoms with Crippen molar-refractivity contribution in [3.63, 3.8) is 0 Å². The van der Waals surface area contributed by atoms with Crippen LogP contribution in [0.3, 0.4) is 0 Å². The highest BCUT2D eigenvalue weighted by molar-refractivity contribution is 6.32. The highest BCUT2D eigenvalue weighted by Crippen LogP contribution is 2.18. The Morgan fingerprint density at radius 1 is 1.64 bits per heavy atom. The fourth-order valence-electron chi connectivity index (χ4n) is 0.682. The van der Waals surface area contributed by atoms with Crippen LogP contribution in [0.25, 0.3) is 0 Å². The van der Waals surface area contributed by atoms with Crippen molar-refractivity contribution in [3.05, 3.63) is 22.9 Å². The predicted octanol–water partition coefficient (Wildman–Crippen LogP) is 2.55. The van der Waals surface area contributed by atoms with Gasteiger partial charge in [-0.2, -0.15) is 0 Å². The maximum Gasteiger partial charge on any atom is 0.144 e. The fraction of sp³-hybridized carbons (Fsp3) is 0.375. The van der Waals surface area contributed by atoms with E-state index in [1.807, 2.05) is 6.92 Å². The number of halogens is 1. The molecular formula is C8H11ClO2. The molecule has 0 atom stereocenters. The first-order valence-corrected chi connectivity index (χ1v) is 3.78. The molecule has 0 radical (unpaired) electrons. The number of hydrogen-bond acceptors (Lipinski definition) is 2. The van der Waals surface area contributed by atoms with E-state index in [2.05, 4.69) is 0 Å². The van der Waals surface area contributed by atoms with E-state index in [4.69, 9.17) is 16.7 Å². The van der Waals surface area contributed by atoms with Gasteiger partial charge in [-0.3, -0.25) is 4.79 Å². The van der Waals surface area contributed by atoms with Gasteiger partial charge in [-0.25, -0.2) is 0 Å². The van der Waals surface area contributed by atoms with E-state index in [1.54, 1.807) is 0 Å². The molecule has 0 aliphatic carbocycles. The van der Waals surface area contributed by atoms with Crippen LogP contribution in [0.5, 0.6) is 0 Å². The molecule has 0 bridgehead atoms. The Balaban J connectivity index is 4.26. The molecule has 1 N–H and O–H groups in total. The lowest BCUT2D eigenvalue weighted by Gasteiger charge is -1.99. The van der Waals surface area contributed by atoms with E-state index >= 15 is 0 Å². The number of carbonyl (C=O) groups is 1. The van der Waals surface area contributed by atoms with Gasteiger partial charge in [0.25, 0.3) is 0 Å². The van der Waals surface area contributed by atoms with E-state index in [0.29, 0.717) is 23.3 Å². The second-order valence-electron chi connectivity index (χ2n) is 2.06. The van der Waals surface area contributed by atoms with Crippen molar-refractivity contribution in [2.24, 2.45) is 0 Å². The summed E-state index contributed by atoms with van der Waals surface area (Å²) in [6.07, 6.45) is 4.32. The van der Waals surface area contributed by atoms with Crippen molar-refractivity contribution in [1.82, 2.24) is 0 Å². The van der Waals surface area contributed by atoms with E-state index in [-0.39, 0.29) is 0 Å². The van der Waals surface area contributed by atoms with Crippen LogP contribution in [0.1, 0.15) is 19.8 Å². The van der Waals surface area contributed by atoms with Gasteiger partial charge in [-0.15, -0.1) is 0 Å². The smallest absolute Gasteiger partial charge is 0.144 e. The lowest BCUT2D eigenvalue weighted by molar-refractivity contribution is -0.104. The highest BCUT2D eigenvalue weighted by atomic mass is 35.5. The van der Waals surface area contributed by atoms with Crippen LogP contribution in [0.4, 0.5) is 0 Å². The zero-order valence-electron chi connectivity index (χ0n) is 6.38. The van der Waals surface area contributed by atoms with Crippen LogP contribution < -0.4 is 0 Å². The van der Waals surface area contributed by atoms with Gasteiger partial charge in [0.05, 0.1) is 11.3 Å². The Hall–Kier alpha value is -0.760. The quantitative estimate of drug-likeness (QED) is 0.308. The Kier molecular flexibility index (Phi) is 5.57. The maximum absolute atomic E-state index is 9.97. The van der Waals surface area contributed by atoms with E-state index in [0.717, 1.165) is 12.7 Å². The lowest BCUT2D eigenvalue weighted by Crippen LogP contribution is -1.83. The molecule has 11 heavy (non-hydrogen) atoms. The van der Waals surface area contributed by atoms with Crippen LogP contribution in [0.15, 0.2) is 22.9 Å². The van der Waals surface area contributed by atoms with Crippen LogP contribution in [0.2, 0.25) is 0 Å². The Morgan fingerprint density at radius 2 is 2.27 bits per heavy atom. The Labute approximate surface area is 71.2 Å². The summed E-state index contributed by atoms with van der Waals surface area (Å²) in [7, 11) is 0. The monoisotopic (exact) mass is 174 g/mol. The zero-order chi connectivity index (χ0) is 8.69. The number of aldehydes is 1. The van der Waals surface area contributed by atoms with Gasteiger partial charge in [-0.05, 0) is 12.5 Å². The molecule has 0 aliphatic rings. The minimum Gasteiger partial charge on any atom is -0.515 e. The molecule has 0 saturated carbocycles. The molecular weight excluding hydrogens is 164 g/mol. The molecule has 0 spiro atoms. The van der Waals surface area contributed by atoms with Gasteiger partial charge in [-0.1, -0.05) is 24.9 Å². The third-order valence-corrected chi connectivity index (χ3v) is 1.57. The lowest BCUT2D eigenvalue weighted by atomic mass is 10.1. The van der Waals surface area contributed by atoms with Gasteiger partial charge < -0.3 is 5.11 Å². The summed E-state index contributed by atoms with van der Waals surface area (Å²) in [6.45, 7) is 1.97. The predicted molar refractivity (Wildman–Crippen MR) is 45.6 cm³/mol. The van der Waals surface area contributed by atoms with Gasteiger partial charge >= 0.3 is 0 Å². The first-order valence-electron chi connectivity index (χ1n) is 3.40. The van der Waals surface area contributed by atoms with Crippen molar-refractivity contribution < 1.29 is 9.90 Å². The van der Waals surface area contributed by atoms with Crippen molar-refractivity contribution in [2.75, 3.05) is 0 Å². The standard InChI is InChI=1S/C8H11ClO2/c1-2-3-7(6-11)8(9)4-5-10/h4-6,11H,2-3H2,1H3/b7-6+,8-4-. The molecule has 0 aromatic carbocycles. The first kappa shape index (κ1) is 10.2. The summed E-state index contributed by atoms with van der Waals surface area (Å²) in [4.78, 5) is 9.97. The summed E-state index contributed by atoms with van der Waals surface area (Å²) in [5, 5.41) is 8.96. The SMILES string of the molecule is CCCC(=C\O)/C(Cl)=C/C=O. The number of aliphatic hydroxyl groups is 1.